The van der Waals surface area contributed by atoms with Gasteiger partial charge in [-0.2, -0.15) is 0 Å². The van der Waals surface area contributed by atoms with Crippen LogP contribution in [0.2, 0.25) is 19.6 Å². The average Bonchev–Trinajstić information content (AvgIpc) is 2.28. The van der Waals surface area contributed by atoms with Gasteiger partial charge in [-0.1, -0.05) is 43.9 Å². The zero-order chi connectivity index (χ0) is 12.3. The fraction of sp³-hybridized carbons (Fsp3) is 0.467. The van der Waals surface area contributed by atoms with E-state index in [9.17, 15) is 0 Å². The molecule has 90 valence electrons. The Morgan fingerprint density at radius 2 is 2.06 bits per heavy atom. The Balaban J connectivity index is 2.11. The molecule has 1 unspecified atom stereocenters. The molecule has 1 nitrogen and oxygen atoms in total. The highest BCUT2D eigenvalue weighted by molar-refractivity contribution is 6.83. The minimum atomic E-state index is -1.22. The van der Waals surface area contributed by atoms with Crippen molar-refractivity contribution >= 4 is 8.07 Å². The molecule has 0 radical (unpaired) electrons. The van der Waals surface area contributed by atoms with Gasteiger partial charge in [0.15, 0.2) is 0 Å². The van der Waals surface area contributed by atoms with Crippen LogP contribution in [0.15, 0.2) is 24.3 Å². The molecule has 17 heavy (non-hydrogen) atoms. The summed E-state index contributed by atoms with van der Waals surface area (Å²) in [7, 11) is -1.22. The van der Waals surface area contributed by atoms with Crippen LogP contribution in [0, 0.1) is 11.5 Å². The van der Waals surface area contributed by atoms with Crippen molar-refractivity contribution in [1.82, 2.24) is 5.32 Å². The van der Waals surface area contributed by atoms with Crippen molar-refractivity contribution in [3.05, 3.63) is 35.4 Å². The number of benzene rings is 1. The van der Waals surface area contributed by atoms with Gasteiger partial charge in [-0.3, -0.25) is 0 Å². The van der Waals surface area contributed by atoms with Gasteiger partial charge in [0.05, 0.1) is 0 Å². The standard InChI is InChI=1S/C15H21NSi/c1-17(2,3)12-6-9-15-14-8-5-4-7-13(14)10-11-16-15/h4-5,7-8,15-16H,9-11H2,1-3H3. The molecule has 1 aliphatic heterocycles. The molecule has 0 aliphatic carbocycles. The van der Waals surface area contributed by atoms with Gasteiger partial charge < -0.3 is 5.32 Å². The minimum absolute atomic E-state index is 0.434. The molecule has 0 spiro atoms. The summed E-state index contributed by atoms with van der Waals surface area (Å²) in [6.45, 7) is 7.96. The summed E-state index contributed by atoms with van der Waals surface area (Å²) < 4.78 is 0. The lowest BCUT2D eigenvalue weighted by atomic mass is 9.93. The number of fused-ring (bicyclic) bond motifs is 1. The summed E-state index contributed by atoms with van der Waals surface area (Å²) >= 11 is 0. The summed E-state index contributed by atoms with van der Waals surface area (Å²) in [4.78, 5) is 0. The number of hydrogen-bond acceptors (Lipinski definition) is 1. The van der Waals surface area contributed by atoms with E-state index in [0.29, 0.717) is 6.04 Å². The first-order chi connectivity index (χ1) is 8.06. The van der Waals surface area contributed by atoms with Crippen LogP contribution in [0.25, 0.3) is 0 Å². The van der Waals surface area contributed by atoms with Gasteiger partial charge in [0.25, 0.3) is 0 Å². The highest BCUT2D eigenvalue weighted by Gasteiger charge is 2.18. The van der Waals surface area contributed by atoms with E-state index in [-0.39, 0.29) is 0 Å². The smallest absolute Gasteiger partial charge is 0.129 e. The van der Waals surface area contributed by atoms with Crippen LogP contribution in [0.1, 0.15) is 23.6 Å². The van der Waals surface area contributed by atoms with E-state index in [0.717, 1.165) is 19.4 Å². The summed E-state index contributed by atoms with van der Waals surface area (Å²) in [6, 6.07) is 9.18. The van der Waals surface area contributed by atoms with Gasteiger partial charge in [0.1, 0.15) is 8.07 Å². The maximum atomic E-state index is 3.57. The first-order valence-corrected chi connectivity index (χ1v) is 9.87. The fourth-order valence-electron chi connectivity index (χ4n) is 2.19. The predicted octanol–water partition coefficient (Wildman–Crippen LogP) is 3.14. The summed E-state index contributed by atoms with van der Waals surface area (Å²) in [5.74, 6) is 3.39. The van der Waals surface area contributed by atoms with Crippen molar-refractivity contribution in [2.45, 2.75) is 38.5 Å². The Hall–Kier alpha value is -1.04. The van der Waals surface area contributed by atoms with E-state index in [1.165, 1.54) is 11.1 Å². The van der Waals surface area contributed by atoms with Crippen LogP contribution < -0.4 is 5.32 Å². The normalized spacial score (nSPS) is 19.1. The number of rotatable bonds is 1. The third kappa shape index (κ3) is 3.46. The van der Waals surface area contributed by atoms with Gasteiger partial charge in [0.2, 0.25) is 0 Å². The topological polar surface area (TPSA) is 12.0 Å². The van der Waals surface area contributed by atoms with Crippen LogP contribution in [-0.2, 0) is 6.42 Å². The lowest BCUT2D eigenvalue weighted by molar-refractivity contribution is 0.515. The van der Waals surface area contributed by atoms with Gasteiger partial charge in [0, 0.05) is 12.5 Å². The van der Waals surface area contributed by atoms with E-state index in [1.807, 2.05) is 0 Å². The van der Waals surface area contributed by atoms with Crippen molar-refractivity contribution in [2.75, 3.05) is 6.54 Å². The van der Waals surface area contributed by atoms with Crippen LogP contribution >= 0.6 is 0 Å². The summed E-state index contributed by atoms with van der Waals surface area (Å²) in [5, 5.41) is 3.57. The van der Waals surface area contributed by atoms with E-state index in [1.54, 1.807) is 0 Å². The van der Waals surface area contributed by atoms with Crippen molar-refractivity contribution < 1.29 is 0 Å². The Morgan fingerprint density at radius 3 is 2.82 bits per heavy atom. The molecule has 0 amide bonds. The molecule has 1 atom stereocenters. The Labute approximate surface area is 106 Å². The molecule has 1 aliphatic rings. The second kappa shape index (κ2) is 5.08. The monoisotopic (exact) mass is 243 g/mol. The Kier molecular flexibility index (Phi) is 3.71. The molecule has 0 bridgehead atoms. The zero-order valence-electron chi connectivity index (χ0n) is 11.0. The second-order valence-corrected chi connectivity index (χ2v) is 10.5. The zero-order valence-corrected chi connectivity index (χ0v) is 12.0. The SMILES string of the molecule is C[Si](C)(C)C#CCC1NCCc2ccccc21. The van der Waals surface area contributed by atoms with Crippen molar-refractivity contribution in [3.63, 3.8) is 0 Å². The maximum Gasteiger partial charge on any atom is 0.129 e. The van der Waals surface area contributed by atoms with Crippen LogP contribution in [0.5, 0.6) is 0 Å². The highest BCUT2D eigenvalue weighted by atomic mass is 28.3. The van der Waals surface area contributed by atoms with Crippen LogP contribution in [-0.4, -0.2) is 14.6 Å². The summed E-state index contributed by atoms with van der Waals surface area (Å²) in [5.41, 5.74) is 6.39. The second-order valence-electron chi connectivity index (χ2n) is 5.71. The summed E-state index contributed by atoms with van der Waals surface area (Å²) in [6.07, 6.45) is 2.09. The largest absolute Gasteiger partial charge is 0.309 e. The molecule has 0 saturated carbocycles. The lowest BCUT2D eigenvalue weighted by Crippen LogP contribution is -2.29. The average molecular weight is 243 g/mol. The van der Waals surface area contributed by atoms with E-state index >= 15 is 0 Å². The van der Waals surface area contributed by atoms with Gasteiger partial charge in [-0.05, 0) is 24.1 Å². The Bertz CT molecular complexity index is 448. The first-order valence-electron chi connectivity index (χ1n) is 6.37. The molecule has 0 fully saturated rings. The number of hydrogen-bond donors (Lipinski definition) is 1. The number of nitrogens with one attached hydrogen (secondary N) is 1. The fourth-order valence-corrected chi connectivity index (χ4v) is 2.83. The van der Waals surface area contributed by atoms with Gasteiger partial charge >= 0.3 is 0 Å². The predicted molar refractivity (Wildman–Crippen MR) is 76.6 cm³/mol. The van der Waals surface area contributed by atoms with Crippen LogP contribution in [0.4, 0.5) is 0 Å². The molecular formula is C15H21NSi. The van der Waals surface area contributed by atoms with E-state index < -0.39 is 8.07 Å². The quantitative estimate of drug-likeness (QED) is 0.590. The highest BCUT2D eigenvalue weighted by Crippen LogP contribution is 2.24. The minimum Gasteiger partial charge on any atom is -0.309 e. The van der Waals surface area contributed by atoms with Crippen LogP contribution in [0.3, 0.4) is 0 Å². The molecule has 2 rings (SSSR count). The molecular weight excluding hydrogens is 222 g/mol. The van der Waals surface area contributed by atoms with Gasteiger partial charge in [-0.15, -0.1) is 11.5 Å². The third-order valence-electron chi connectivity index (χ3n) is 2.99. The van der Waals surface area contributed by atoms with Crippen molar-refractivity contribution in [2.24, 2.45) is 0 Å². The molecule has 1 heterocycles. The molecule has 1 aromatic rings. The molecule has 0 saturated heterocycles. The van der Waals surface area contributed by atoms with Gasteiger partial charge in [-0.25, -0.2) is 0 Å². The molecule has 0 aromatic heterocycles. The Morgan fingerprint density at radius 1 is 1.29 bits per heavy atom. The molecule has 1 N–H and O–H groups in total. The third-order valence-corrected chi connectivity index (χ3v) is 3.91. The molecule has 1 aromatic carbocycles. The lowest BCUT2D eigenvalue weighted by Gasteiger charge is -2.25. The van der Waals surface area contributed by atoms with E-state index in [4.69, 9.17) is 0 Å². The first kappa shape index (κ1) is 12.4. The van der Waals surface area contributed by atoms with E-state index in [2.05, 4.69) is 60.7 Å². The maximum absolute atomic E-state index is 3.57. The molecule has 2 heteroatoms. The van der Waals surface area contributed by atoms with Crippen molar-refractivity contribution in [3.8, 4) is 11.5 Å². The van der Waals surface area contributed by atoms with Crippen molar-refractivity contribution in [1.29, 1.82) is 0 Å².